The Morgan fingerprint density at radius 3 is 3.20 bits per heavy atom. The van der Waals surface area contributed by atoms with E-state index in [1.807, 2.05) is 17.8 Å². The average Bonchev–Trinajstić information content (AvgIpc) is 3.08. The topological polar surface area (TPSA) is 56.2 Å². The molecule has 1 N–H and O–H groups in total. The molecule has 2 heterocycles. The number of rotatable bonds is 7. The van der Waals surface area contributed by atoms with Gasteiger partial charge in [0.25, 0.3) is 0 Å². The molecule has 1 aromatic rings. The van der Waals surface area contributed by atoms with Crippen LogP contribution in [-0.4, -0.2) is 28.4 Å². The standard InChI is InChI=1S/C15H25N3O2/c1-3-4-6-12(2)15(19)17-13-9-16-18(10-13)11-14-7-5-8-20-14/h9-10,12,14H,3-8,11H2,1-2H3,(H,17,19)/t12-,14-/m0/s1. The van der Waals surface area contributed by atoms with E-state index in [9.17, 15) is 4.79 Å². The second kappa shape index (κ2) is 7.43. The third kappa shape index (κ3) is 4.34. The molecule has 0 unspecified atom stereocenters. The Morgan fingerprint density at radius 2 is 2.50 bits per heavy atom. The van der Waals surface area contributed by atoms with Crippen molar-refractivity contribution in [3.05, 3.63) is 12.4 Å². The molecule has 0 aromatic carbocycles. The molecule has 20 heavy (non-hydrogen) atoms. The van der Waals surface area contributed by atoms with E-state index in [0.29, 0.717) is 0 Å². The van der Waals surface area contributed by atoms with Crippen molar-refractivity contribution in [3.63, 3.8) is 0 Å². The number of unbranched alkanes of at least 4 members (excludes halogenated alkanes) is 1. The van der Waals surface area contributed by atoms with Gasteiger partial charge in [-0.05, 0) is 19.3 Å². The second-order valence-corrected chi connectivity index (χ2v) is 5.62. The number of carbonyl (C=O) groups is 1. The Balaban J connectivity index is 1.80. The molecule has 0 spiro atoms. The quantitative estimate of drug-likeness (QED) is 0.835. The fourth-order valence-corrected chi connectivity index (χ4v) is 2.43. The van der Waals surface area contributed by atoms with Crippen LogP contribution in [-0.2, 0) is 16.1 Å². The fraction of sp³-hybridized carbons (Fsp3) is 0.733. The molecule has 2 atom stereocenters. The zero-order chi connectivity index (χ0) is 14.4. The van der Waals surface area contributed by atoms with E-state index in [-0.39, 0.29) is 17.9 Å². The molecular formula is C15H25N3O2. The molecule has 0 radical (unpaired) electrons. The Bertz CT molecular complexity index is 425. The summed E-state index contributed by atoms with van der Waals surface area (Å²) in [6.07, 6.45) is 9.23. The first kappa shape index (κ1) is 15.0. The van der Waals surface area contributed by atoms with Gasteiger partial charge in [-0.1, -0.05) is 26.7 Å². The van der Waals surface area contributed by atoms with Gasteiger partial charge in [-0.25, -0.2) is 0 Å². The normalized spacial score (nSPS) is 20.0. The minimum Gasteiger partial charge on any atom is -0.376 e. The van der Waals surface area contributed by atoms with E-state index < -0.39 is 0 Å². The highest BCUT2D eigenvalue weighted by Crippen LogP contribution is 2.16. The van der Waals surface area contributed by atoms with Crippen LogP contribution < -0.4 is 5.32 Å². The van der Waals surface area contributed by atoms with Crippen LogP contribution >= 0.6 is 0 Å². The molecular weight excluding hydrogens is 254 g/mol. The lowest BCUT2D eigenvalue weighted by molar-refractivity contribution is -0.119. The van der Waals surface area contributed by atoms with Crippen LogP contribution in [0, 0.1) is 5.92 Å². The van der Waals surface area contributed by atoms with Crippen LogP contribution in [0.25, 0.3) is 0 Å². The summed E-state index contributed by atoms with van der Waals surface area (Å²) in [6, 6.07) is 0. The summed E-state index contributed by atoms with van der Waals surface area (Å²) in [6.45, 7) is 5.73. The van der Waals surface area contributed by atoms with E-state index >= 15 is 0 Å². The van der Waals surface area contributed by atoms with Gasteiger partial charge in [0.1, 0.15) is 0 Å². The Kier molecular flexibility index (Phi) is 5.59. The zero-order valence-electron chi connectivity index (χ0n) is 12.5. The lowest BCUT2D eigenvalue weighted by Crippen LogP contribution is -2.20. The van der Waals surface area contributed by atoms with E-state index in [1.54, 1.807) is 6.20 Å². The van der Waals surface area contributed by atoms with Gasteiger partial charge in [0.2, 0.25) is 5.91 Å². The lowest BCUT2D eigenvalue weighted by Gasteiger charge is -2.10. The molecule has 1 fully saturated rings. The summed E-state index contributed by atoms with van der Waals surface area (Å²) >= 11 is 0. The van der Waals surface area contributed by atoms with Crippen molar-refractivity contribution in [2.45, 2.75) is 58.6 Å². The molecule has 1 aliphatic rings. The summed E-state index contributed by atoms with van der Waals surface area (Å²) in [4.78, 5) is 12.0. The number of carbonyl (C=O) groups excluding carboxylic acids is 1. The summed E-state index contributed by atoms with van der Waals surface area (Å²) < 4.78 is 7.43. The first-order valence-corrected chi connectivity index (χ1v) is 7.64. The lowest BCUT2D eigenvalue weighted by atomic mass is 10.0. The molecule has 0 aliphatic carbocycles. The molecule has 1 aliphatic heterocycles. The van der Waals surface area contributed by atoms with Gasteiger partial charge in [-0.3, -0.25) is 9.48 Å². The predicted octanol–water partition coefficient (Wildman–Crippen LogP) is 2.83. The van der Waals surface area contributed by atoms with E-state index in [2.05, 4.69) is 17.3 Å². The first-order chi connectivity index (χ1) is 9.69. The smallest absolute Gasteiger partial charge is 0.227 e. The fourth-order valence-electron chi connectivity index (χ4n) is 2.43. The number of nitrogens with zero attached hydrogens (tertiary/aromatic N) is 2. The minimum atomic E-state index is 0.0523. The van der Waals surface area contributed by atoms with Gasteiger partial charge in [-0.15, -0.1) is 0 Å². The van der Waals surface area contributed by atoms with Crippen molar-refractivity contribution in [3.8, 4) is 0 Å². The number of hydrogen-bond acceptors (Lipinski definition) is 3. The van der Waals surface area contributed by atoms with E-state index in [4.69, 9.17) is 4.74 Å². The first-order valence-electron chi connectivity index (χ1n) is 7.64. The maximum Gasteiger partial charge on any atom is 0.227 e. The van der Waals surface area contributed by atoms with Gasteiger partial charge >= 0.3 is 0 Å². The molecule has 2 rings (SSSR count). The summed E-state index contributed by atoms with van der Waals surface area (Å²) in [7, 11) is 0. The predicted molar refractivity (Wildman–Crippen MR) is 78.5 cm³/mol. The Morgan fingerprint density at radius 1 is 1.65 bits per heavy atom. The minimum absolute atomic E-state index is 0.0523. The van der Waals surface area contributed by atoms with Crippen LogP contribution in [0.1, 0.15) is 46.0 Å². The molecule has 1 amide bonds. The maximum absolute atomic E-state index is 12.0. The molecule has 0 bridgehead atoms. The van der Waals surface area contributed by atoms with E-state index in [0.717, 1.165) is 50.9 Å². The number of amides is 1. The molecule has 1 saturated heterocycles. The largest absolute Gasteiger partial charge is 0.376 e. The van der Waals surface area contributed by atoms with Crippen LogP contribution in [0.15, 0.2) is 12.4 Å². The zero-order valence-corrected chi connectivity index (χ0v) is 12.5. The van der Waals surface area contributed by atoms with Crippen molar-refractivity contribution in [1.29, 1.82) is 0 Å². The average molecular weight is 279 g/mol. The van der Waals surface area contributed by atoms with Crippen molar-refractivity contribution in [2.24, 2.45) is 5.92 Å². The summed E-state index contributed by atoms with van der Waals surface area (Å²) in [5, 5.41) is 7.21. The van der Waals surface area contributed by atoms with E-state index in [1.165, 1.54) is 0 Å². The van der Waals surface area contributed by atoms with Gasteiger partial charge in [0, 0.05) is 18.7 Å². The number of hydrogen-bond donors (Lipinski definition) is 1. The van der Waals surface area contributed by atoms with Crippen molar-refractivity contribution in [2.75, 3.05) is 11.9 Å². The molecule has 112 valence electrons. The summed E-state index contributed by atoms with van der Waals surface area (Å²) in [5.74, 6) is 0.131. The van der Waals surface area contributed by atoms with Crippen LogP contribution in [0.2, 0.25) is 0 Å². The van der Waals surface area contributed by atoms with Gasteiger partial charge in [0.15, 0.2) is 0 Å². The van der Waals surface area contributed by atoms with Crippen LogP contribution in [0.4, 0.5) is 5.69 Å². The SMILES string of the molecule is CCCC[C@H](C)C(=O)Nc1cnn(C[C@@H]2CCCO2)c1. The van der Waals surface area contributed by atoms with Crippen molar-refractivity contribution in [1.82, 2.24) is 9.78 Å². The summed E-state index contributed by atoms with van der Waals surface area (Å²) in [5.41, 5.74) is 0.774. The maximum atomic E-state index is 12.0. The van der Waals surface area contributed by atoms with Crippen molar-refractivity contribution >= 4 is 11.6 Å². The Labute approximate surface area is 120 Å². The van der Waals surface area contributed by atoms with Crippen LogP contribution in [0.3, 0.4) is 0 Å². The Hall–Kier alpha value is -1.36. The third-order valence-corrected chi connectivity index (χ3v) is 3.75. The number of anilines is 1. The third-order valence-electron chi connectivity index (χ3n) is 3.75. The number of aromatic nitrogens is 2. The van der Waals surface area contributed by atoms with Gasteiger partial charge in [0.05, 0.1) is 24.5 Å². The highest BCUT2D eigenvalue weighted by Gasteiger charge is 2.17. The molecule has 1 aromatic heterocycles. The van der Waals surface area contributed by atoms with Gasteiger partial charge < -0.3 is 10.1 Å². The highest BCUT2D eigenvalue weighted by atomic mass is 16.5. The molecule has 5 heteroatoms. The monoisotopic (exact) mass is 279 g/mol. The highest BCUT2D eigenvalue weighted by molar-refractivity contribution is 5.91. The second-order valence-electron chi connectivity index (χ2n) is 5.62. The number of nitrogens with one attached hydrogen (secondary N) is 1. The number of ether oxygens (including phenoxy) is 1. The van der Waals surface area contributed by atoms with Crippen LogP contribution in [0.5, 0.6) is 0 Å². The van der Waals surface area contributed by atoms with Gasteiger partial charge in [-0.2, -0.15) is 5.10 Å². The molecule has 5 nitrogen and oxygen atoms in total. The van der Waals surface area contributed by atoms with Crippen molar-refractivity contribution < 1.29 is 9.53 Å². The molecule has 0 saturated carbocycles.